The van der Waals surface area contributed by atoms with Gasteiger partial charge < -0.3 is 19.4 Å². The van der Waals surface area contributed by atoms with Crippen molar-refractivity contribution in [3.05, 3.63) is 23.2 Å². The zero-order chi connectivity index (χ0) is 18.9. The Kier molecular flexibility index (Phi) is 8.12. The van der Waals surface area contributed by atoms with Gasteiger partial charge in [0.2, 0.25) is 5.91 Å². The van der Waals surface area contributed by atoms with E-state index in [0.29, 0.717) is 37.4 Å². The lowest BCUT2D eigenvalue weighted by Crippen LogP contribution is -2.42. The fourth-order valence-corrected chi connectivity index (χ4v) is 3.10. The number of morpholine rings is 1. The predicted molar refractivity (Wildman–Crippen MR) is 99.3 cm³/mol. The van der Waals surface area contributed by atoms with Crippen LogP contribution in [0.15, 0.2) is 10.5 Å². The molecule has 7 heteroatoms. The Morgan fingerprint density at radius 2 is 1.96 bits per heavy atom. The Morgan fingerprint density at radius 3 is 2.58 bits per heavy atom. The van der Waals surface area contributed by atoms with Crippen LogP contribution in [0.2, 0.25) is 0 Å². The number of nitrogens with one attached hydrogen (secondary N) is 1. The summed E-state index contributed by atoms with van der Waals surface area (Å²) in [6.07, 6.45) is 1.16. The normalized spacial score (nSPS) is 15.0. The van der Waals surface area contributed by atoms with E-state index in [1.54, 1.807) is 17.9 Å². The van der Waals surface area contributed by atoms with Gasteiger partial charge in [-0.05, 0) is 26.3 Å². The van der Waals surface area contributed by atoms with Crippen molar-refractivity contribution in [2.75, 3.05) is 52.5 Å². The molecule has 0 aliphatic carbocycles. The first-order valence-corrected chi connectivity index (χ1v) is 9.44. The highest BCUT2D eigenvalue weighted by Gasteiger charge is 2.20. The quantitative estimate of drug-likeness (QED) is 0.719. The average molecular weight is 365 g/mol. The van der Waals surface area contributed by atoms with Crippen LogP contribution in [0, 0.1) is 13.8 Å². The van der Waals surface area contributed by atoms with Gasteiger partial charge in [0.15, 0.2) is 0 Å². The third-order valence-electron chi connectivity index (χ3n) is 4.51. The summed E-state index contributed by atoms with van der Waals surface area (Å²) in [6.45, 7) is 11.5. The van der Waals surface area contributed by atoms with Crippen molar-refractivity contribution in [1.29, 1.82) is 0 Å². The van der Waals surface area contributed by atoms with Crippen LogP contribution in [0.4, 0.5) is 0 Å². The van der Waals surface area contributed by atoms with E-state index in [1.165, 1.54) is 0 Å². The largest absolute Gasteiger partial charge is 0.466 e. The van der Waals surface area contributed by atoms with E-state index < -0.39 is 0 Å². The van der Waals surface area contributed by atoms with E-state index in [9.17, 15) is 9.59 Å². The molecule has 7 nitrogen and oxygen atoms in total. The molecule has 2 rings (SSSR count). The molecule has 1 saturated heterocycles. The Bertz CT molecular complexity index is 594. The van der Waals surface area contributed by atoms with Crippen LogP contribution < -0.4 is 5.32 Å². The molecule has 0 saturated carbocycles. The Balaban J connectivity index is 1.77. The van der Waals surface area contributed by atoms with Crippen LogP contribution in [-0.2, 0) is 9.53 Å². The molecule has 0 spiro atoms. The van der Waals surface area contributed by atoms with E-state index in [-0.39, 0.29) is 11.8 Å². The Morgan fingerprint density at radius 1 is 1.23 bits per heavy atom. The number of carbonyl (C=O) groups excluding carboxylic acids is 2. The van der Waals surface area contributed by atoms with Gasteiger partial charge in [-0.2, -0.15) is 0 Å². The molecule has 1 N–H and O–H groups in total. The number of amides is 2. The predicted octanol–water partition coefficient (Wildman–Crippen LogP) is 1.59. The fourth-order valence-electron chi connectivity index (χ4n) is 3.10. The summed E-state index contributed by atoms with van der Waals surface area (Å²) < 4.78 is 10.8. The van der Waals surface area contributed by atoms with E-state index in [0.717, 1.165) is 45.0 Å². The van der Waals surface area contributed by atoms with E-state index in [4.69, 9.17) is 9.15 Å². The molecule has 1 aromatic heterocycles. The molecule has 2 heterocycles. The molecule has 146 valence electrons. The number of aryl methyl sites for hydroxylation is 2. The summed E-state index contributed by atoms with van der Waals surface area (Å²) in [6, 6.07) is 1.77. The van der Waals surface area contributed by atoms with E-state index >= 15 is 0 Å². The minimum absolute atomic E-state index is 0.0211. The van der Waals surface area contributed by atoms with Crippen molar-refractivity contribution < 1.29 is 18.7 Å². The van der Waals surface area contributed by atoms with Gasteiger partial charge in [-0.1, -0.05) is 6.92 Å². The van der Waals surface area contributed by atoms with Gasteiger partial charge >= 0.3 is 0 Å². The summed E-state index contributed by atoms with van der Waals surface area (Å²) in [5, 5.41) is 2.94. The first-order chi connectivity index (χ1) is 12.5. The van der Waals surface area contributed by atoms with Gasteiger partial charge in [0.25, 0.3) is 5.91 Å². The first-order valence-electron chi connectivity index (χ1n) is 9.44. The number of ether oxygens (including phenoxy) is 1. The van der Waals surface area contributed by atoms with Gasteiger partial charge in [-0.25, -0.2) is 0 Å². The minimum atomic E-state index is -0.0673. The van der Waals surface area contributed by atoms with Crippen LogP contribution >= 0.6 is 0 Å². The maximum atomic E-state index is 12.7. The van der Waals surface area contributed by atoms with Gasteiger partial charge in [0, 0.05) is 45.7 Å². The highest BCUT2D eigenvalue weighted by Crippen LogP contribution is 2.16. The molecule has 1 fully saturated rings. The number of nitrogens with zero attached hydrogens (tertiary/aromatic N) is 2. The molecule has 1 aromatic rings. The number of hydrogen-bond donors (Lipinski definition) is 1. The van der Waals surface area contributed by atoms with Crippen LogP contribution in [0.5, 0.6) is 0 Å². The zero-order valence-electron chi connectivity index (χ0n) is 16.2. The fraction of sp³-hybridized carbons (Fsp3) is 0.684. The topological polar surface area (TPSA) is 75.0 Å². The van der Waals surface area contributed by atoms with Crippen LogP contribution in [0.25, 0.3) is 0 Å². The summed E-state index contributed by atoms with van der Waals surface area (Å²) in [5.74, 6) is 1.27. The van der Waals surface area contributed by atoms with Crippen LogP contribution in [0.3, 0.4) is 0 Å². The Hall–Kier alpha value is -1.86. The highest BCUT2D eigenvalue weighted by atomic mass is 16.5. The number of rotatable bonds is 9. The van der Waals surface area contributed by atoms with Gasteiger partial charge in [0.1, 0.15) is 11.5 Å². The van der Waals surface area contributed by atoms with Gasteiger partial charge in [-0.3, -0.25) is 14.5 Å². The smallest absolute Gasteiger partial charge is 0.257 e. The summed E-state index contributed by atoms with van der Waals surface area (Å²) in [7, 11) is 0. The monoisotopic (exact) mass is 365 g/mol. The van der Waals surface area contributed by atoms with Crippen molar-refractivity contribution in [3.63, 3.8) is 0 Å². The molecule has 0 radical (unpaired) electrons. The average Bonchev–Trinajstić information content (AvgIpc) is 2.97. The van der Waals surface area contributed by atoms with Crippen LogP contribution in [-0.4, -0.2) is 74.1 Å². The maximum absolute atomic E-state index is 12.7. The molecule has 1 aliphatic rings. The molecule has 0 unspecified atom stereocenters. The molecule has 0 atom stereocenters. The second-order valence-electron chi connectivity index (χ2n) is 6.67. The molecule has 0 aromatic carbocycles. The summed E-state index contributed by atoms with van der Waals surface area (Å²) in [4.78, 5) is 28.8. The van der Waals surface area contributed by atoms with E-state index in [2.05, 4.69) is 10.2 Å². The number of furan rings is 1. The lowest BCUT2D eigenvalue weighted by Gasteiger charge is -2.26. The van der Waals surface area contributed by atoms with Crippen molar-refractivity contribution in [2.45, 2.75) is 33.6 Å². The van der Waals surface area contributed by atoms with Crippen molar-refractivity contribution in [2.24, 2.45) is 0 Å². The molecule has 1 aliphatic heterocycles. The second kappa shape index (κ2) is 10.3. The lowest BCUT2D eigenvalue weighted by atomic mass is 10.2. The summed E-state index contributed by atoms with van der Waals surface area (Å²) >= 11 is 0. The van der Waals surface area contributed by atoms with Gasteiger partial charge in [-0.15, -0.1) is 0 Å². The van der Waals surface area contributed by atoms with Crippen LogP contribution in [0.1, 0.15) is 41.6 Å². The van der Waals surface area contributed by atoms with Crippen molar-refractivity contribution >= 4 is 11.8 Å². The lowest BCUT2D eigenvalue weighted by molar-refractivity contribution is -0.121. The molecule has 0 bridgehead atoms. The standard InChI is InChI=1S/C19H31N3O4/c1-4-7-22(19(24)17-14-15(2)26-16(17)3)8-5-18(23)20-6-9-21-10-12-25-13-11-21/h14H,4-13H2,1-3H3,(H,20,23). The highest BCUT2D eigenvalue weighted by molar-refractivity contribution is 5.95. The molecule has 26 heavy (non-hydrogen) atoms. The zero-order valence-corrected chi connectivity index (χ0v) is 16.2. The second-order valence-corrected chi connectivity index (χ2v) is 6.67. The molecular formula is C19H31N3O4. The minimum Gasteiger partial charge on any atom is -0.466 e. The van der Waals surface area contributed by atoms with Gasteiger partial charge in [0.05, 0.1) is 18.8 Å². The number of hydrogen-bond acceptors (Lipinski definition) is 5. The SMILES string of the molecule is CCCN(CCC(=O)NCCN1CCOCC1)C(=O)c1cc(C)oc1C. The number of carbonyl (C=O) groups is 2. The maximum Gasteiger partial charge on any atom is 0.257 e. The van der Waals surface area contributed by atoms with E-state index in [1.807, 2.05) is 13.8 Å². The third kappa shape index (κ3) is 6.14. The molecular weight excluding hydrogens is 334 g/mol. The first kappa shape index (κ1) is 20.5. The Labute approximate surface area is 155 Å². The summed E-state index contributed by atoms with van der Waals surface area (Å²) in [5.41, 5.74) is 0.587. The molecule has 2 amide bonds. The van der Waals surface area contributed by atoms with Crippen molar-refractivity contribution in [3.8, 4) is 0 Å². The third-order valence-corrected chi connectivity index (χ3v) is 4.51. The van der Waals surface area contributed by atoms with Crippen molar-refractivity contribution in [1.82, 2.24) is 15.1 Å².